The normalized spacial score (nSPS) is 19.2. The summed E-state index contributed by atoms with van der Waals surface area (Å²) in [5, 5.41) is 16.5. The van der Waals surface area contributed by atoms with Crippen LogP contribution in [0.1, 0.15) is 12.8 Å². The van der Waals surface area contributed by atoms with E-state index < -0.39 is 11.0 Å². The lowest BCUT2D eigenvalue weighted by molar-refractivity contribution is -0.384. The van der Waals surface area contributed by atoms with Crippen LogP contribution >= 0.6 is 15.9 Å². The number of anilines is 1. The molecule has 1 aromatic rings. The summed E-state index contributed by atoms with van der Waals surface area (Å²) in [6.07, 6.45) is 4.11. The second-order valence-corrected chi connectivity index (χ2v) is 4.76. The number of carbonyl (C=O) groups excluding carboxylic acids is 1. The van der Waals surface area contributed by atoms with Gasteiger partial charge in [-0.15, -0.1) is 0 Å². The number of nitrogens with zero attached hydrogens (tertiary/aromatic N) is 2. The van der Waals surface area contributed by atoms with E-state index in [2.05, 4.69) is 31.5 Å². The predicted octanol–water partition coefficient (Wildman–Crippen LogP) is 1.44. The van der Waals surface area contributed by atoms with Crippen molar-refractivity contribution in [3.05, 3.63) is 27.0 Å². The van der Waals surface area contributed by atoms with Crippen LogP contribution in [-0.4, -0.2) is 28.4 Å². The molecule has 1 aromatic heterocycles. The maximum Gasteiger partial charge on any atom is 0.311 e. The summed E-state index contributed by atoms with van der Waals surface area (Å²) in [4.78, 5) is 25.7. The first-order chi connectivity index (χ1) is 8.59. The van der Waals surface area contributed by atoms with Crippen LogP contribution < -0.4 is 10.6 Å². The lowest BCUT2D eigenvalue weighted by Crippen LogP contribution is -2.44. The summed E-state index contributed by atoms with van der Waals surface area (Å²) < 4.78 is 0.468. The number of carbonyl (C=O) groups is 1. The average molecular weight is 315 g/mol. The highest BCUT2D eigenvalue weighted by molar-refractivity contribution is 9.10. The molecule has 8 heteroatoms. The molecule has 1 aliphatic rings. The molecule has 7 nitrogen and oxygen atoms in total. The Morgan fingerprint density at radius 2 is 2.33 bits per heavy atom. The number of amides is 1. The molecule has 0 bridgehead atoms. The van der Waals surface area contributed by atoms with Crippen molar-refractivity contribution in [3.8, 4) is 0 Å². The zero-order valence-corrected chi connectivity index (χ0v) is 10.9. The molecule has 0 radical (unpaired) electrons. The van der Waals surface area contributed by atoms with Gasteiger partial charge in [-0.25, -0.2) is 0 Å². The van der Waals surface area contributed by atoms with E-state index in [4.69, 9.17) is 0 Å². The Morgan fingerprint density at radius 3 is 3.00 bits per heavy atom. The molecule has 0 aliphatic carbocycles. The quantitative estimate of drug-likeness (QED) is 0.650. The van der Waals surface area contributed by atoms with Crippen LogP contribution in [0.4, 0.5) is 11.4 Å². The number of hydrogen-bond acceptors (Lipinski definition) is 5. The van der Waals surface area contributed by atoms with Gasteiger partial charge in [0.15, 0.2) is 0 Å². The Hall–Kier alpha value is -1.70. The van der Waals surface area contributed by atoms with Crippen molar-refractivity contribution in [1.82, 2.24) is 10.3 Å². The molecule has 1 aliphatic heterocycles. The third-order valence-electron chi connectivity index (χ3n) is 2.68. The molecule has 2 rings (SSSR count). The van der Waals surface area contributed by atoms with Crippen molar-refractivity contribution in [1.29, 1.82) is 0 Å². The van der Waals surface area contributed by atoms with E-state index in [0.717, 1.165) is 12.6 Å². The van der Waals surface area contributed by atoms with Crippen LogP contribution in [0, 0.1) is 10.1 Å². The Kier molecular flexibility index (Phi) is 3.75. The van der Waals surface area contributed by atoms with Gasteiger partial charge in [0.05, 0.1) is 9.40 Å². The first kappa shape index (κ1) is 12.7. The number of nitro groups is 1. The summed E-state index contributed by atoms with van der Waals surface area (Å²) in [7, 11) is 0. The number of hydrogen-bond donors (Lipinski definition) is 2. The van der Waals surface area contributed by atoms with Crippen LogP contribution in [0.3, 0.4) is 0 Å². The highest BCUT2D eigenvalue weighted by atomic mass is 79.9. The highest BCUT2D eigenvalue weighted by Crippen LogP contribution is 2.32. The molecule has 1 fully saturated rings. The first-order valence-electron chi connectivity index (χ1n) is 5.41. The number of rotatable bonds is 3. The molecule has 0 aromatic carbocycles. The lowest BCUT2D eigenvalue weighted by Gasteiger charge is -2.23. The topological polar surface area (TPSA) is 97.2 Å². The molecule has 18 heavy (non-hydrogen) atoms. The summed E-state index contributed by atoms with van der Waals surface area (Å²) in [6, 6.07) is -0.448. The summed E-state index contributed by atoms with van der Waals surface area (Å²) in [5.41, 5.74) is 0.139. The SMILES string of the molecule is O=C1NCCCC1Nc1c(Br)cncc1[N+](=O)[O-]. The van der Waals surface area contributed by atoms with Gasteiger partial charge in [0.1, 0.15) is 17.9 Å². The first-order valence-corrected chi connectivity index (χ1v) is 6.21. The zero-order chi connectivity index (χ0) is 13.1. The van der Waals surface area contributed by atoms with Gasteiger partial charge in [-0.05, 0) is 28.8 Å². The molecule has 1 unspecified atom stereocenters. The second-order valence-electron chi connectivity index (χ2n) is 3.90. The zero-order valence-electron chi connectivity index (χ0n) is 9.35. The van der Waals surface area contributed by atoms with Crippen molar-refractivity contribution in [3.63, 3.8) is 0 Å². The van der Waals surface area contributed by atoms with Gasteiger partial charge in [0, 0.05) is 12.7 Å². The lowest BCUT2D eigenvalue weighted by atomic mass is 10.1. The van der Waals surface area contributed by atoms with E-state index in [1.807, 2.05) is 0 Å². The van der Waals surface area contributed by atoms with E-state index in [-0.39, 0.29) is 17.3 Å². The van der Waals surface area contributed by atoms with Crippen molar-refractivity contribution >= 4 is 33.2 Å². The highest BCUT2D eigenvalue weighted by Gasteiger charge is 2.26. The Balaban J connectivity index is 2.27. The fourth-order valence-corrected chi connectivity index (χ4v) is 2.23. The van der Waals surface area contributed by atoms with Gasteiger partial charge in [-0.1, -0.05) is 0 Å². The molecule has 0 saturated carbocycles. The van der Waals surface area contributed by atoms with Crippen LogP contribution in [0.5, 0.6) is 0 Å². The molecular formula is C10H11BrN4O3. The molecule has 96 valence electrons. The average Bonchev–Trinajstić information content (AvgIpc) is 2.34. The molecule has 1 amide bonds. The standard InChI is InChI=1S/C10H11BrN4O3/c11-6-4-12-5-8(15(17)18)9(6)14-7-2-1-3-13-10(7)16/h4-5,7H,1-3H2,(H,12,14)(H,13,16). The number of nitrogens with one attached hydrogen (secondary N) is 2. The maximum atomic E-state index is 11.6. The Labute approximate surface area is 111 Å². The van der Waals surface area contributed by atoms with Gasteiger partial charge < -0.3 is 10.6 Å². The Bertz CT molecular complexity index is 494. The van der Waals surface area contributed by atoms with Crippen molar-refractivity contribution < 1.29 is 9.72 Å². The molecule has 2 heterocycles. The van der Waals surface area contributed by atoms with Crippen LogP contribution in [0.25, 0.3) is 0 Å². The molecule has 1 atom stereocenters. The van der Waals surface area contributed by atoms with E-state index >= 15 is 0 Å². The minimum absolute atomic E-state index is 0.140. The van der Waals surface area contributed by atoms with Gasteiger partial charge in [-0.2, -0.15) is 0 Å². The summed E-state index contributed by atoms with van der Waals surface area (Å²) in [6.45, 7) is 0.649. The van der Waals surface area contributed by atoms with Crippen LogP contribution in [-0.2, 0) is 4.79 Å². The molecular weight excluding hydrogens is 304 g/mol. The minimum atomic E-state index is -0.527. The third kappa shape index (κ3) is 2.58. The maximum absolute atomic E-state index is 11.6. The largest absolute Gasteiger partial charge is 0.367 e. The van der Waals surface area contributed by atoms with Crippen LogP contribution in [0.15, 0.2) is 16.9 Å². The van der Waals surface area contributed by atoms with Gasteiger partial charge in [0.2, 0.25) is 5.91 Å². The third-order valence-corrected chi connectivity index (χ3v) is 3.28. The predicted molar refractivity (Wildman–Crippen MR) is 68.2 cm³/mol. The molecule has 1 saturated heterocycles. The number of piperidine rings is 1. The van der Waals surface area contributed by atoms with E-state index in [9.17, 15) is 14.9 Å². The number of aromatic nitrogens is 1. The summed E-state index contributed by atoms with van der Waals surface area (Å²) in [5.74, 6) is -0.140. The minimum Gasteiger partial charge on any atom is -0.367 e. The molecule has 0 spiro atoms. The van der Waals surface area contributed by atoms with Crippen LogP contribution in [0.2, 0.25) is 0 Å². The fourth-order valence-electron chi connectivity index (χ4n) is 1.79. The Morgan fingerprint density at radius 1 is 1.56 bits per heavy atom. The van der Waals surface area contributed by atoms with Crippen molar-refractivity contribution in [2.24, 2.45) is 0 Å². The number of pyridine rings is 1. The number of halogens is 1. The summed E-state index contributed by atoms with van der Waals surface area (Å²) >= 11 is 3.20. The van der Waals surface area contributed by atoms with Gasteiger partial charge in [-0.3, -0.25) is 19.9 Å². The van der Waals surface area contributed by atoms with Crippen molar-refractivity contribution in [2.75, 3.05) is 11.9 Å². The van der Waals surface area contributed by atoms with Crippen molar-refractivity contribution in [2.45, 2.75) is 18.9 Å². The fraction of sp³-hybridized carbons (Fsp3) is 0.400. The van der Waals surface area contributed by atoms with E-state index in [1.165, 1.54) is 6.20 Å². The smallest absolute Gasteiger partial charge is 0.311 e. The van der Waals surface area contributed by atoms with Gasteiger partial charge >= 0.3 is 5.69 Å². The second kappa shape index (κ2) is 5.30. The van der Waals surface area contributed by atoms with Gasteiger partial charge in [0.25, 0.3) is 0 Å². The van der Waals surface area contributed by atoms with E-state index in [1.54, 1.807) is 0 Å². The monoisotopic (exact) mass is 314 g/mol. The molecule has 2 N–H and O–H groups in total. The van der Waals surface area contributed by atoms with E-state index in [0.29, 0.717) is 17.4 Å².